The highest BCUT2D eigenvalue weighted by Crippen LogP contribution is 2.33. The van der Waals surface area contributed by atoms with Crippen LogP contribution >= 0.6 is 0 Å². The van der Waals surface area contributed by atoms with E-state index in [-0.39, 0.29) is 23.6 Å². The Morgan fingerprint density at radius 1 is 1.25 bits per heavy atom. The molecule has 0 unspecified atom stereocenters. The fourth-order valence-electron chi connectivity index (χ4n) is 3.04. The summed E-state index contributed by atoms with van der Waals surface area (Å²) in [5.74, 6) is -0.0825. The Balaban J connectivity index is 2.58. The molecule has 3 heteroatoms. The second-order valence-electron chi connectivity index (χ2n) is 5.75. The number of hydrogen-bond donors (Lipinski definition) is 0. The van der Waals surface area contributed by atoms with Crippen molar-refractivity contribution in [2.45, 2.75) is 65.7 Å². The molecule has 0 N–H and O–H groups in total. The Hall–Kier alpha value is -1.12. The summed E-state index contributed by atoms with van der Waals surface area (Å²) in [6.45, 7) is 6.30. The van der Waals surface area contributed by atoms with E-state index in [1.807, 2.05) is 13.8 Å². The Bertz CT molecular complexity index is 357. The van der Waals surface area contributed by atoms with Gasteiger partial charge in [-0.05, 0) is 32.3 Å². The monoisotopic (exact) mass is 280 g/mol. The highest BCUT2D eigenvalue weighted by Gasteiger charge is 2.35. The van der Waals surface area contributed by atoms with Gasteiger partial charge in [0, 0.05) is 6.42 Å². The van der Waals surface area contributed by atoms with E-state index < -0.39 is 0 Å². The molecule has 0 aromatic heterocycles. The molecule has 2 atom stereocenters. The molecule has 1 aliphatic rings. The zero-order chi connectivity index (χ0) is 15.0. The summed E-state index contributed by atoms with van der Waals surface area (Å²) in [5, 5.41) is 0. The van der Waals surface area contributed by atoms with Crippen LogP contribution in [0.2, 0.25) is 0 Å². The number of hydrogen-bond acceptors (Lipinski definition) is 3. The van der Waals surface area contributed by atoms with E-state index >= 15 is 0 Å². The minimum atomic E-state index is -0.209. The zero-order valence-corrected chi connectivity index (χ0v) is 13.1. The maximum absolute atomic E-state index is 12.1. The van der Waals surface area contributed by atoms with Gasteiger partial charge >= 0.3 is 5.97 Å². The summed E-state index contributed by atoms with van der Waals surface area (Å²) < 4.78 is 5.17. The SMILES string of the molecule is CCCCCCC[C@@H]1CC(=O)C=C(C)[C@H]1C(=O)OCC. The standard InChI is InChI=1S/C17H28O3/c1-4-6-7-8-9-10-14-12-15(18)11-13(3)16(14)17(19)20-5-2/h11,14,16H,4-10,12H2,1-3H3/t14-,16-/m1/s1. The average Bonchev–Trinajstić information content (AvgIpc) is 2.38. The van der Waals surface area contributed by atoms with E-state index in [0.29, 0.717) is 13.0 Å². The van der Waals surface area contributed by atoms with E-state index in [2.05, 4.69) is 6.92 Å². The summed E-state index contributed by atoms with van der Waals surface area (Å²) >= 11 is 0. The van der Waals surface area contributed by atoms with E-state index in [0.717, 1.165) is 18.4 Å². The highest BCUT2D eigenvalue weighted by molar-refractivity contribution is 5.94. The maximum atomic E-state index is 12.1. The first kappa shape index (κ1) is 16.9. The Labute approximate surface area is 122 Å². The number of rotatable bonds is 8. The predicted octanol–water partition coefficient (Wildman–Crippen LogP) is 4.06. The van der Waals surface area contributed by atoms with Crippen molar-refractivity contribution in [1.82, 2.24) is 0 Å². The van der Waals surface area contributed by atoms with E-state index in [4.69, 9.17) is 4.74 Å². The molecule has 114 valence electrons. The van der Waals surface area contributed by atoms with Gasteiger partial charge in [0.25, 0.3) is 0 Å². The molecule has 0 aliphatic heterocycles. The number of esters is 1. The minimum Gasteiger partial charge on any atom is -0.466 e. The fraction of sp³-hybridized carbons (Fsp3) is 0.765. The second kappa shape index (κ2) is 8.93. The number of ether oxygens (including phenoxy) is 1. The van der Waals surface area contributed by atoms with Crippen molar-refractivity contribution in [2.75, 3.05) is 6.61 Å². The summed E-state index contributed by atoms with van der Waals surface area (Å²) in [6, 6.07) is 0. The van der Waals surface area contributed by atoms with Gasteiger partial charge in [0.15, 0.2) is 5.78 Å². The summed E-state index contributed by atoms with van der Waals surface area (Å²) in [4.78, 5) is 23.8. The third kappa shape index (κ3) is 5.10. The number of carbonyl (C=O) groups excluding carboxylic acids is 2. The van der Waals surface area contributed by atoms with Crippen LogP contribution in [0.4, 0.5) is 0 Å². The average molecular weight is 280 g/mol. The van der Waals surface area contributed by atoms with Gasteiger partial charge in [-0.3, -0.25) is 9.59 Å². The van der Waals surface area contributed by atoms with Crippen molar-refractivity contribution in [2.24, 2.45) is 11.8 Å². The van der Waals surface area contributed by atoms with E-state index in [9.17, 15) is 9.59 Å². The summed E-state index contributed by atoms with van der Waals surface area (Å²) in [6.07, 6.45) is 9.10. The molecule has 0 aromatic carbocycles. The first-order chi connectivity index (χ1) is 9.60. The number of ketones is 1. The fourth-order valence-corrected chi connectivity index (χ4v) is 3.04. The first-order valence-electron chi connectivity index (χ1n) is 7.97. The zero-order valence-electron chi connectivity index (χ0n) is 13.1. The lowest BCUT2D eigenvalue weighted by Crippen LogP contribution is -2.32. The molecule has 0 spiro atoms. The Morgan fingerprint density at radius 3 is 2.60 bits per heavy atom. The van der Waals surface area contributed by atoms with Crippen LogP contribution in [0.25, 0.3) is 0 Å². The molecule has 0 heterocycles. The molecular formula is C17H28O3. The predicted molar refractivity (Wildman–Crippen MR) is 80.4 cm³/mol. The lowest BCUT2D eigenvalue weighted by molar-refractivity contribution is -0.149. The Kier molecular flexibility index (Phi) is 7.56. The van der Waals surface area contributed by atoms with Crippen molar-refractivity contribution in [3.8, 4) is 0 Å². The Morgan fingerprint density at radius 2 is 1.95 bits per heavy atom. The quantitative estimate of drug-likeness (QED) is 0.497. The summed E-state index contributed by atoms with van der Waals surface area (Å²) in [5.41, 5.74) is 0.873. The van der Waals surface area contributed by atoms with Crippen LogP contribution < -0.4 is 0 Å². The van der Waals surface area contributed by atoms with E-state index in [1.54, 1.807) is 6.08 Å². The largest absolute Gasteiger partial charge is 0.466 e. The van der Waals surface area contributed by atoms with E-state index in [1.165, 1.54) is 25.7 Å². The van der Waals surface area contributed by atoms with Gasteiger partial charge in [0.2, 0.25) is 0 Å². The van der Waals surface area contributed by atoms with Gasteiger partial charge in [0.1, 0.15) is 0 Å². The van der Waals surface area contributed by atoms with Crippen molar-refractivity contribution in [3.05, 3.63) is 11.6 Å². The third-order valence-electron chi connectivity index (χ3n) is 4.03. The van der Waals surface area contributed by atoms with Crippen LogP contribution in [0.5, 0.6) is 0 Å². The van der Waals surface area contributed by atoms with Gasteiger partial charge in [-0.25, -0.2) is 0 Å². The van der Waals surface area contributed by atoms with Gasteiger partial charge in [-0.2, -0.15) is 0 Å². The normalized spacial score (nSPS) is 22.6. The molecule has 0 fully saturated rings. The van der Waals surface area contributed by atoms with Crippen molar-refractivity contribution < 1.29 is 14.3 Å². The lowest BCUT2D eigenvalue weighted by atomic mass is 9.76. The maximum Gasteiger partial charge on any atom is 0.313 e. The minimum absolute atomic E-state index is 0.133. The van der Waals surface area contributed by atoms with Crippen LogP contribution in [0.3, 0.4) is 0 Å². The third-order valence-corrected chi connectivity index (χ3v) is 4.03. The van der Waals surface area contributed by atoms with Crippen molar-refractivity contribution >= 4 is 11.8 Å². The number of carbonyl (C=O) groups is 2. The highest BCUT2D eigenvalue weighted by atomic mass is 16.5. The smallest absolute Gasteiger partial charge is 0.313 e. The molecule has 0 amide bonds. The molecule has 20 heavy (non-hydrogen) atoms. The van der Waals surface area contributed by atoms with Gasteiger partial charge in [-0.15, -0.1) is 0 Å². The molecule has 0 bridgehead atoms. The van der Waals surface area contributed by atoms with Gasteiger partial charge in [-0.1, -0.05) is 44.6 Å². The molecule has 0 saturated heterocycles. The van der Waals surface area contributed by atoms with Crippen LogP contribution in [-0.4, -0.2) is 18.4 Å². The molecule has 0 aromatic rings. The topological polar surface area (TPSA) is 43.4 Å². The van der Waals surface area contributed by atoms with Gasteiger partial charge in [0.05, 0.1) is 12.5 Å². The number of allylic oxidation sites excluding steroid dienone is 1. The van der Waals surface area contributed by atoms with Crippen LogP contribution in [-0.2, 0) is 14.3 Å². The first-order valence-corrected chi connectivity index (χ1v) is 7.97. The van der Waals surface area contributed by atoms with Gasteiger partial charge < -0.3 is 4.74 Å². The molecule has 1 rings (SSSR count). The second-order valence-corrected chi connectivity index (χ2v) is 5.75. The number of unbranched alkanes of at least 4 members (excludes halogenated alkanes) is 4. The van der Waals surface area contributed by atoms with Crippen LogP contribution in [0.15, 0.2) is 11.6 Å². The molecule has 1 aliphatic carbocycles. The summed E-state index contributed by atoms with van der Waals surface area (Å²) in [7, 11) is 0. The van der Waals surface area contributed by atoms with Crippen molar-refractivity contribution in [1.29, 1.82) is 0 Å². The molecule has 0 saturated carbocycles. The van der Waals surface area contributed by atoms with Crippen molar-refractivity contribution in [3.63, 3.8) is 0 Å². The molecule has 0 radical (unpaired) electrons. The van der Waals surface area contributed by atoms with Crippen LogP contribution in [0.1, 0.15) is 65.7 Å². The van der Waals surface area contributed by atoms with Crippen LogP contribution in [0, 0.1) is 11.8 Å². The lowest BCUT2D eigenvalue weighted by Gasteiger charge is -2.29. The molecular weight excluding hydrogens is 252 g/mol. The molecule has 3 nitrogen and oxygen atoms in total.